The van der Waals surface area contributed by atoms with Crippen LogP contribution in [0.2, 0.25) is 0 Å². The zero-order valence-electron chi connectivity index (χ0n) is 6.78. The first-order chi connectivity index (χ1) is 5.23. The minimum atomic E-state index is 0.236. The van der Waals surface area contributed by atoms with E-state index >= 15 is 0 Å². The second-order valence-electron chi connectivity index (χ2n) is 4.86. The molecule has 0 nitrogen and oxygen atoms in total. The molecular weight excluding hydrogens is 156 g/mol. The van der Waals surface area contributed by atoms with Crippen molar-refractivity contribution in [1.29, 1.82) is 0 Å². The highest BCUT2D eigenvalue weighted by molar-refractivity contribution is 6.24. The summed E-state index contributed by atoms with van der Waals surface area (Å²) in [6.45, 7) is 0. The van der Waals surface area contributed by atoms with Crippen LogP contribution in [0.5, 0.6) is 0 Å². The Hall–Kier alpha value is 0.290. The lowest BCUT2D eigenvalue weighted by molar-refractivity contribution is 0.109. The maximum Gasteiger partial charge on any atom is 0.0457 e. The molecule has 4 saturated carbocycles. The van der Waals surface area contributed by atoms with Gasteiger partial charge in [-0.3, -0.25) is 0 Å². The van der Waals surface area contributed by atoms with Crippen LogP contribution in [0.25, 0.3) is 0 Å². The number of halogens is 1. The molecule has 11 heavy (non-hydrogen) atoms. The van der Waals surface area contributed by atoms with E-state index in [1.165, 1.54) is 38.5 Å². The van der Waals surface area contributed by atoms with Crippen LogP contribution in [0.15, 0.2) is 0 Å². The van der Waals surface area contributed by atoms with Gasteiger partial charge in [0.15, 0.2) is 0 Å². The normalized spacial score (nSPS) is 55.4. The fourth-order valence-electron chi connectivity index (χ4n) is 3.70. The molecule has 0 aliphatic heterocycles. The molecule has 0 N–H and O–H groups in total. The molecule has 4 rings (SSSR count). The van der Waals surface area contributed by atoms with E-state index in [1.54, 1.807) is 5.92 Å². The number of hydrogen-bond acceptors (Lipinski definition) is 0. The smallest absolute Gasteiger partial charge is 0.0457 e. The van der Waals surface area contributed by atoms with Crippen LogP contribution >= 0.6 is 11.6 Å². The predicted octanol–water partition coefficient (Wildman–Crippen LogP) is 3.15. The molecular formula is C10H14Cl. The molecule has 4 fully saturated rings. The molecule has 0 heterocycles. The Balaban J connectivity index is 1.94. The fourth-order valence-corrected chi connectivity index (χ4v) is 4.33. The first-order valence-electron chi connectivity index (χ1n) is 4.76. The Kier molecular flexibility index (Phi) is 1.21. The summed E-state index contributed by atoms with van der Waals surface area (Å²) >= 11 is 6.51. The molecule has 1 heteroatoms. The summed E-state index contributed by atoms with van der Waals surface area (Å²) in [6.07, 6.45) is 8.21. The molecule has 0 aromatic carbocycles. The van der Waals surface area contributed by atoms with Crippen LogP contribution in [0.1, 0.15) is 38.5 Å². The average Bonchev–Trinajstić information content (AvgIpc) is 1.79. The molecule has 4 aliphatic carbocycles. The molecule has 2 atom stereocenters. The lowest BCUT2D eigenvalue weighted by Gasteiger charge is -2.53. The molecule has 2 unspecified atom stereocenters. The Labute approximate surface area is 73.3 Å². The predicted molar refractivity (Wildman–Crippen MR) is 46.5 cm³/mol. The third kappa shape index (κ3) is 0.950. The third-order valence-electron chi connectivity index (χ3n) is 3.70. The molecule has 4 aliphatic rings. The molecule has 4 bridgehead atoms. The molecule has 0 amide bonds. The summed E-state index contributed by atoms with van der Waals surface area (Å²) in [5.41, 5.74) is 0. The van der Waals surface area contributed by atoms with E-state index in [0.717, 1.165) is 11.8 Å². The Bertz CT molecular complexity index is 150. The highest BCUT2D eigenvalue weighted by Gasteiger charge is 2.50. The minimum absolute atomic E-state index is 0.236. The molecule has 1 radical (unpaired) electrons. The molecule has 61 valence electrons. The lowest BCUT2D eigenvalue weighted by Crippen LogP contribution is -2.46. The minimum Gasteiger partial charge on any atom is -0.119 e. The standard InChI is InChI=1S/C10H14Cl/c11-10-4-7-1-8(5-10)3-9(2-7)6-10/h7-8H,1-6H2. The Morgan fingerprint density at radius 3 is 2.27 bits per heavy atom. The molecule has 0 aromatic heterocycles. The van der Waals surface area contributed by atoms with Crippen molar-refractivity contribution in [2.24, 2.45) is 11.8 Å². The van der Waals surface area contributed by atoms with Crippen LogP contribution in [0.3, 0.4) is 0 Å². The second kappa shape index (κ2) is 1.96. The van der Waals surface area contributed by atoms with Gasteiger partial charge < -0.3 is 0 Å². The Morgan fingerprint density at radius 1 is 1.18 bits per heavy atom. The van der Waals surface area contributed by atoms with Crippen molar-refractivity contribution >= 4 is 11.6 Å². The van der Waals surface area contributed by atoms with Gasteiger partial charge in [0.2, 0.25) is 0 Å². The van der Waals surface area contributed by atoms with Crippen molar-refractivity contribution in [3.05, 3.63) is 5.92 Å². The van der Waals surface area contributed by atoms with E-state index in [1.807, 2.05) is 0 Å². The summed E-state index contributed by atoms with van der Waals surface area (Å²) in [4.78, 5) is 0.236. The van der Waals surface area contributed by atoms with Crippen LogP contribution in [0.4, 0.5) is 0 Å². The van der Waals surface area contributed by atoms with E-state index in [9.17, 15) is 0 Å². The van der Waals surface area contributed by atoms with Gasteiger partial charge in [0, 0.05) is 4.87 Å². The maximum atomic E-state index is 6.51. The summed E-state index contributed by atoms with van der Waals surface area (Å²) in [5.74, 6) is 3.74. The van der Waals surface area contributed by atoms with Crippen LogP contribution in [0, 0.1) is 17.8 Å². The first kappa shape index (κ1) is 6.77. The van der Waals surface area contributed by atoms with Crippen molar-refractivity contribution in [3.8, 4) is 0 Å². The van der Waals surface area contributed by atoms with Gasteiger partial charge in [-0.05, 0) is 56.3 Å². The van der Waals surface area contributed by atoms with E-state index in [4.69, 9.17) is 11.6 Å². The van der Waals surface area contributed by atoms with Crippen molar-refractivity contribution in [2.45, 2.75) is 43.4 Å². The molecule has 0 saturated heterocycles. The zero-order valence-corrected chi connectivity index (χ0v) is 7.53. The quantitative estimate of drug-likeness (QED) is 0.489. The number of alkyl halides is 1. The van der Waals surface area contributed by atoms with Gasteiger partial charge in [0.25, 0.3) is 0 Å². The Morgan fingerprint density at radius 2 is 1.82 bits per heavy atom. The van der Waals surface area contributed by atoms with Crippen LogP contribution in [-0.2, 0) is 0 Å². The summed E-state index contributed by atoms with van der Waals surface area (Å²) in [5, 5.41) is 0. The van der Waals surface area contributed by atoms with Gasteiger partial charge in [-0.1, -0.05) is 0 Å². The van der Waals surface area contributed by atoms with Gasteiger partial charge in [-0.15, -0.1) is 11.6 Å². The summed E-state index contributed by atoms with van der Waals surface area (Å²) < 4.78 is 0. The highest BCUT2D eigenvalue weighted by atomic mass is 35.5. The fraction of sp³-hybridized carbons (Fsp3) is 0.900. The van der Waals surface area contributed by atoms with Gasteiger partial charge in [0.05, 0.1) is 0 Å². The SMILES string of the molecule is ClC12C[C]3CC(CC(C3)C1)C2. The number of hydrogen-bond donors (Lipinski definition) is 0. The van der Waals surface area contributed by atoms with Crippen molar-refractivity contribution in [3.63, 3.8) is 0 Å². The van der Waals surface area contributed by atoms with Crippen LogP contribution in [-0.4, -0.2) is 4.87 Å². The van der Waals surface area contributed by atoms with E-state index in [-0.39, 0.29) is 4.87 Å². The summed E-state index contributed by atoms with van der Waals surface area (Å²) in [7, 11) is 0. The zero-order chi connectivity index (χ0) is 7.47. The molecule has 0 aromatic rings. The largest absolute Gasteiger partial charge is 0.119 e. The van der Waals surface area contributed by atoms with Gasteiger partial charge in [0.1, 0.15) is 0 Å². The van der Waals surface area contributed by atoms with Gasteiger partial charge in [-0.2, -0.15) is 0 Å². The number of rotatable bonds is 0. The van der Waals surface area contributed by atoms with Crippen LogP contribution < -0.4 is 0 Å². The third-order valence-corrected chi connectivity index (χ3v) is 4.14. The highest BCUT2D eigenvalue weighted by Crippen LogP contribution is 2.59. The van der Waals surface area contributed by atoms with Crippen molar-refractivity contribution in [2.75, 3.05) is 0 Å². The van der Waals surface area contributed by atoms with E-state index in [2.05, 4.69) is 0 Å². The van der Waals surface area contributed by atoms with E-state index in [0.29, 0.717) is 0 Å². The van der Waals surface area contributed by atoms with Crippen molar-refractivity contribution < 1.29 is 0 Å². The molecule has 0 spiro atoms. The van der Waals surface area contributed by atoms with Gasteiger partial charge >= 0.3 is 0 Å². The topological polar surface area (TPSA) is 0 Å². The van der Waals surface area contributed by atoms with E-state index < -0.39 is 0 Å². The van der Waals surface area contributed by atoms with Gasteiger partial charge in [-0.25, -0.2) is 0 Å². The average molecular weight is 170 g/mol. The maximum absolute atomic E-state index is 6.51. The lowest BCUT2D eigenvalue weighted by atomic mass is 9.56. The summed E-state index contributed by atoms with van der Waals surface area (Å²) in [6, 6.07) is 0. The first-order valence-corrected chi connectivity index (χ1v) is 5.14. The monoisotopic (exact) mass is 169 g/mol. The second-order valence-corrected chi connectivity index (χ2v) is 5.66. The van der Waals surface area contributed by atoms with Crippen molar-refractivity contribution in [1.82, 2.24) is 0 Å².